The minimum atomic E-state index is -0.157. The maximum atomic E-state index is 12.5. The average molecular weight is 446 g/mol. The predicted molar refractivity (Wildman–Crippen MR) is 121 cm³/mol. The van der Waals surface area contributed by atoms with Crippen LogP contribution in [0.2, 0.25) is 5.02 Å². The number of anilines is 1. The molecule has 0 radical (unpaired) electrons. The molecule has 2 aromatic rings. The molecule has 1 aliphatic rings. The second-order valence-electron chi connectivity index (χ2n) is 7.52. The molecule has 2 aromatic carbocycles. The second kappa shape index (κ2) is 10.9. The van der Waals surface area contributed by atoms with Crippen LogP contribution in [0.15, 0.2) is 42.5 Å². The van der Waals surface area contributed by atoms with Crippen molar-refractivity contribution in [1.82, 2.24) is 10.2 Å². The zero-order valence-corrected chi connectivity index (χ0v) is 18.6. The van der Waals surface area contributed by atoms with E-state index in [9.17, 15) is 9.59 Å². The number of amides is 3. The second-order valence-corrected chi connectivity index (χ2v) is 7.95. The summed E-state index contributed by atoms with van der Waals surface area (Å²) in [6.45, 7) is 1.97. The number of piperidine rings is 1. The fourth-order valence-electron chi connectivity index (χ4n) is 3.62. The summed E-state index contributed by atoms with van der Waals surface area (Å²) in [6.07, 6.45) is 2.69. The van der Waals surface area contributed by atoms with Gasteiger partial charge in [0.2, 0.25) is 0 Å². The smallest absolute Gasteiger partial charge is 0.321 e. The highest BCUT2D eigenvalue weighted by molar-refractivity contribution is 6.30. The van der Waals surface area contributed by atoms with Gasteiger partial charge in [-0.3, -0.25) is 4.79 Å². The Morgan fingerprint density at radius 2 is 1.74 bits per heavy atom. The highest BCUT2D eigenvalue weighted by Crippen LogP contribution is 2.23. The zero-order valence-electron chi connectivity index (χ0n) is 17.8. The first-order valence-electron chi connectivity index (χ1n) is 10.3. The third kappa shape index (κ3) is 6.52. The van der Waals surface area contributed by atoms with Gasteiger partial charge in [0.25, 0.3) is 5.91 Å². The lowest BCUT2D eigenvalue weighted by Gasteiger charge is -2.32. The molecular weight excluding hydrogens is 418 g/mol. The normalized spacial score (nSPS) is 14.1. The lowest BCUT2D eigenvalue weighted by Crippen LogP contribution is -2.41. The fourth-order valence-corrected chi connectivity index (χ4v) is 3.81. The Kier molecular flexibility index (Phi) is 8.00. The van der Waals surface area contributed by atoms with E-state index in [0.29, 0.717) is 53.3 Å². The minimum absolute atomic E-state index is 0.110. The van der Waals surface area contributed by atoms with Gasteiger partial charge in [0.15, 0.2) is 0 Å². The summed E-state index contributed by atoms with van der Waals surface area (Å²) in [6, 6.07) is 12.1. The maximum absolute atomic E-state index is 12.5. The standard InChI is InChI=1S/C23H28ClN3O4/c1-30-20-12-17(13-21(15-20)31-2)22(28)25-9-6-16-7-10-27(11-8-16)23(29)26-19-5-3-4-18(24)14-19/h3-5,12-16H,6-11H2,1-2H3,(H,25,28)(H,26,29). The number of urea groups is 1. The highest BCUT2D eigenvalue weighted by Gasteiger charge is 2.23. The summed E-state index contributed by atoms with van der Waals surface area (Å²) in [7, 11) is 3.11. The van der Waals surface area contributed by atoms with Crippen LogP contribution >= 0.6 is 11.6 Å². The monoisotopic (exact) mass is 445 g/mol. The molecule has 0 unspecified atom stereocenters. The highest BCUT2D eigenvalue weighted by atomic mass is 35.5. The number of ether oxygens (including phenoxy) is 2. The van der Waals surface area contributed by atoms with E-state index in [1.165, 1.54) is 0 Å². The number of benzene rings is 2. The minimum Gasteiger partial charge on any atom is -0.497 e. The fraction of sp³-hybridized carbons (Fsp3) is 0.391. The number of halogens is 1. The molecule has 1 fully saturated rings. The van der Waals surface area contributed by atoms with Crippen molar-refractivity contribution in [3.63, 3.8) is 0 Å². The number of carbonyl (C=O) groups is 2. The van der Waals surface area contributed by atoms with Crippen LogP contribution in [-0.2, 0) is 0 Å². The molecule has 0 atom stereocenters. The first kappa shape index (κ1) is 22.7. The van der Waals surface area contributed by atoms with E-state index in [2.05, 4.69) is 10.6 Å². The summed E-state index contributed by atoms with van der Waals surface area (Å²) in [5.74, 6) is 1.46. The number of rotatable bonds is 7. The Bertz CT molecular complexity index is 891. The molecule has 0 spiro atoms. The lowest BCUT2D eigenvalue weighted by atomic mass is 9.93. The molecule has 0 bridgehead atoms. The molecule has 0 saturated carbocycles. The van der Waals surface area contributed by atoms with Crippen LogP contribution < -0.4 is 20.1 Å². The summed E-state index contributed by atoms with van der Waals surface area (Å²) < 4.78 is 10.4. The molecule has 0 aliphatic carbocycles. The van der Waals surface area contributed by atoms with E-state index in [4.69, 9.17) is 21.1 Å². The van der Waals surface area contributed by atoms with Crippen LogP contribution in [0.1, 0.15) is 29.6 Å². The SMILES string of the molecule is COc1cc(OC)cc(C(=O)NCCC2CCN(C(=O)Nc3cccc(Cl)c3)CC2)c1. The van der Waals surface area contributed by atoms with Gasteiger partial charge in [-0.15, -0.1) is 0 Å². The predicted octanol–water partition coefficient (Wildman–Crippen LogP) is 4.42. The van der Waals surface area contributed by atoms with Gasteiger partial charge in [-0.05, 0) is 55.5 Å². The van der Waals surface area contributed by atoms with Gasteiger partial charge in [0.05, 0.1) is 14.2 Å². The van der Waals surface area contributed by atoms with Crippen LogP contribution in [-0.4, -0.2) is 50.7 Å². The van der Waals surface area contributed by atoms with E-state index in [1.54, 1.807) is 50.6 Å². The van der Waals surface area contributed by atoms with Gasteiger partial charge < -0.3 is 25.0 Å². The number of carbonyl (C=O) groups excluding carboxylic acids is 2. The number of hydrogen-bond acceptors (Lipinski definition) is 4. The van der Waals surface area contributed by atoms with Gasteiger partial charge in [-0.2, -0.15) is 0 Å². The van der Waals surface area contributed by atoms with Gasteiger partial charge in [0, 0.05) is 42.0 Å². The Morgan fingerprint density at radius 3 is 2.35 bits per heavy atom. The average Bonchev–Trinajstić information content (AvgIpc) is 2.79. The third-order valence-electron chi connectivity index (χ3n) is 5.43. The topological polar surface area (TPSA) is 79.9 Å². The quantitative estimate of drug-likeness (QED) is 0.661. The Hall–Kier alpha value is -2.93. The molecule has 3 rings (SSSR count). The van der Waals surface area contributed by atoms with E-state index in [0.717, 1.165) is 19.3 Å². The van der Waals surface area contributed by atoms with Crippen molar-refractivity contribution in [2.24, 2.45) is 5.92 Å². The number of nitrogens with one attached hydrogen (secondary N) is 2. The molecule has 0 aromatic heterocycles. The van der Waals surface area contributed by atoms with Crippen LogP contribution in [0.5, 0.6) is 11.5 Å². The molecule has 1 aliphatic heterocycles. The molecule has 8 heteroatoms. The van der Waals surface area contributed by atoms with Gasteiger partial charge in [0.1, 0.15) is 11.5 Å². The van der Waals surface area contributed by atoms with Gasteiger partial charge >= 0.3 is 6.03 Å². The summed E-state index contributed by atoms with van der Waals surface area (Å²) >= 11 is 5.97. The molecule has 3 amide bonds. The van der Waals surface area contributed by atoms with Crippen molar-refractivity contribution in [3.05, 3.63) is 53.1 Å². The first-order valence-corrected chi connectivity index (χ1v) is 10.7. The number of methoxy groups -OCH3 is 2. The van der Waals surface area contributed by atoms with Crippen molar-refractivity contribution >= 4 is 29.2 Å². The van der Waals surface area contributed by atoms with E-state index in [1.807, 2.05) is 11.0 Å². The van der Waals surface area contributed by atoms with Crippen molar-refractivity contribution < 1.29 is 19.1 Å². The van der Waals surface area contributed by atoms with Crippen molar-refractivity contribution in [3.8, 4) is 11.5 Å². The first-order chi connectivity index (χ1) is 15.0. The van der Waals surface area contributed by atoms with Crippen LogP contribution in [0.4, 0.5) is 10.5 Å². The molecule has 1 saturated heterocycles. The molecule has 2 N–H and O–H groups in total. The third-order valence-corrected chi connectivity index (χ3v) is 5.66. The maximum Gasteiger partial charge on any atom is 0.321 e. The molecule has 7 nitrogen and oxygen atoms in total. The Labute approximate surface area is 187 Å². The van der Waals surface area contributed by atoms with Crippen LogP contribution in [0.25, 0.3) is 0 Å². The molecule has 1 heterocycles. The largest absolute Gasteiger partial charge is 0.497 e. The molecule has 31 heavy (non-hydrogen) atoms. The summed E-state index contributed by atoms with van der Waals surface area (Å²) in [4.78, 5) is 26.7. The summed E-state index contributed by atoms with van der Waals surface area (Å²) in [5, 5.41) is 6.44. The number of hydrogen-bond donors (Lipinski definition) is 2. The van der Waals surface area contributed by atoms with E-state index < -0.39 is 0 Å². The molecule has 166 valence electrons. The van der Waals surface area contributed by atoms with Crippen molar-refractivity contribution in [2.45, 2.75) is 19.3 Å². The Morgan fingerprint density at radius 1 is 1.06 bits per heavy atom. The van der Waals surface area contributed by atoms with Crippen molar-refractivity contribution in [2.75, 3.05) is 39.2 Å². The van der Waals surface area contributed by atoms with Crippen LogP contribution in [0.3, 0.4) is 0 Å². The zero-order chi connectivity index (χ0) is 22.2. The van der Waals surface area contributed by atoms with E-state index >= 15 is 0 Å². The number of likely N-dealkylation sites (tertiary alicyclic amines) is 1. The summed E-state index contributed by atoms with van der Waals surface area (Å²) in [5.41, 5.74) is 1.19. The van der Waals surface area contributed by atoms with E-state index in [-0.39, 0.29) is 11.9 Å². The molecular formula is C23H28ClN3O4. The van der Waals surface area contributed by atoms with Gasteiger partial charge in [-0.1, -0.05) is 17.7 Å². The Balaban J connectivity index is 1.41. The number of nitrogens with zero attached hydrogens (tertiary/aromatic N) is 1. The van der Waals surface area contributed by atoms with Crippen LogP contribution in [0, 0.1) is 5.92 Å². The lowest BCUT2D eigenvalue weighted by molar-refractivity contribution is 0.0948. The van der Waals surface area contributed by atoms with Crippen molar-refractivity contribution in [1.29, 1.82) is 0 Å². The van der Waals surface area contributed by atoms with Gasteiger partial charge in [-0.25, -0.2) is 4.79 Å².